The molecule has 1 aliphatic heterocycles. The van der Waals surface area contributed by atoms with Gasteiger partial charge in [0.2, 0.25) is 5.88 Å². The van der Waals surface area contributed by atoms with Crippen LogP contribution < -0.4 is 4.74 Å². The van der Waals surface area contributed by atoms with E-state index in [2.05, 4.69) is 9.97 Å². The zero-order valence-corrected chi connectivity index (χ0v) is 16.8. The Balaban J connectivity index is 1.52. The molecular weight excluding hydrogens is 383 g/mol. The molecule has 0 fully saturated rings. The number of fused-ring (bicyclic) bond motifs is 1. The molecule has 1 atom stereocenters. The predicted octanol–water partition coefficient (Wildman–Crippen LogP) is 3.91. The average Bonchev–Trinajstić information content (AvgIpc) is 3.40. The molecule has 0 spiro atoms. The third-order valence-electron chi connectivity index (χ3n) is 5.40. The van der Waals surface area contributed by atoms with Crippen LogP contribution in [0.15, 0.2) is 48.9 Å². The second kappa shape index (κ2) is 7.37. The number of hydrogen-bond donors (Lipinski definition) is 0. The molecule has 8 heteroatoms. The normalized spacial score (nSPS) is 15.8. The number of aryl methyl sites for hydroxylation is 2. The number of nitrogens with zero attached hydrogens (tertiary/aromatic N) is 6. The Morgan fingerprint density at radius 3 is 2.67 bits per heavy atom. The van der Waals surface area contributed by atoms with Gasteiger partial charge in [0.15, 0.2) is 5.82 Å². The van der Waals surface area contributed by atoms with Gasteiger partial charge < -0.3 is 9.30 Å². The SMILES string of the molecule is COc1nc(-c2nc3n(n2)CCC[C@@H]3c2ccc(F)cc2)ccc1-n1cnc(C)c1. The minimum Gasteiger partial charge on any atom is -0.479 e. The molecular formula is C22H21FN6O. The van der Waals surface area contributed by atoms with Crippen LogP contribution in [0.2, 0.25) is 0 Å². The van der Waals surface area contributed by atoms with Gasteiger partial charge in [-0.3, -0.25) is 0 Å². The Labute approximate surface area is 173 Å². The summed E-state index contributed by atoms with van der Waals surface area (Å²) in [6.45, 7) is 2.74. The summed E-state index contributed by atoms with van der Waals surface area (Å²) in [5, 5.41) is 4.69. The summed E-state index contributed by atoms with van der Waals surface area (Å²) in [4.78, 5) is 13.7. The first-order chi connectivity index (χ1) is 14.6. The van der Waals surface area contributed by atoms with Gasteiger partial charge in [-0.05, 0) is 49.6 Å². The summed E-state index contributed by atoms with van der Waals surface area (Å²) in [7, 11) is 1.59. The Kier molecular flexibility index (Phi) is 4.54. The van der Waals surface area contributed by atoms with Crippen molar-refractivity contribution in [2.75, 3.05) is 7.11 Å². The Hall–Kier alpha value is -3.55. The fourth-order valence-corrected chi connectivity index (χ4v) is 3.93. The van der Waals surface area contributed by atoms with Gasteiger partial charge in [0.1, 0.15) is 23.0 Å². The fourth-order valence-electron chi connectivity index (χ4n) is 3.93. The molecule has 0 amide bonds. The lowest BCUT2D eigenvalue weighted by atomic mass is 9.91. The summed E-state index contributed by atoms with van der Waals surface area (Å²) in [5.74, 6) is 1.79. The lowest BCUT2D eigenvalue weighted by Gasteiger charge is -2.22. The van der Waals surface area contributed by atoms with E-state index < -0.39 is 0 Å². The van der Waals surface area contributed by atoms with E-state index in [9.17, 15) is 4.39 Å². The first-order valence-corrected chi connectivity index (χ1v) is 9.89. The van der Waals surface area contributed by atoms with Crippen LogP contribution in [0.4, 0.5) is 4.39 Å². The summed E-state index contributed by atoms with van der Waals surface area (Å²) in [6.07, 6.45) is 5.60. The van der Waals surface area contributed by atoms with E-state index in [0.717, 1.165) is 42.2 Å². The van der Waals surface area contributed by atoms with Gasteiger partial charge in [-0.25, -0.2) is 24.0 Å². The van der Waals surface area contributed by atoms with Gasteiger partial charge in [0.25, 0.3) is 0 Å². The molecule has 0 aliphatic carbocycles. The van der Waals surface area contributed by atoms with Crippen molar-refractivity contribution in [3.8, 4) is 23.1 Å². The molecule has 1 aromatic carbocycles. The lowest BCUT2D eigenvalue weighted by molar-refractivity contribution is 0.396. The number of rotatable bonds is 4. The van der Waals surface area contributed by atoms with E-state index in [-0.39, 0.29) is 11.7 Å². The summed E-state index contributed by atoms with van der Waals surface area (Å²) < 4.78 is 22.7. The van der Waals surface area contributed by atoms with Gasteiger partial charge in [0, 0.05) is 18.7 Å². The van der Waals surface area contributed by atoms with Crippen molar-refractivity contribution < 1.29 is 9.13 Å². The van der Waals surface area contributed by atoms with Crippen molar-refractivity contribution in [3.63, 3.8) is 0 Å². The molecule has 152 valence electrons. The number of ether oxygens (including phenoxy) is 1. The van der Waals surface area contributed by atoms with Crippen molar-refractivity contribution in [1.82, 2.24) is 29.3 Å². The molecule has 5 rings (SSSR count). The number of aromatic nitrogens is 6. The molecule has 0 radical (unpaired) electrons. The third kappa shape index (κ3) is 3.24. The Bertz CT molecular complexity index is 1200. The molecule has 1 aliphatic rings. The topological polar surface area (TPSA) is 70.7 Å². The van der Waals surface area contributed by atoms with Crippen molar-refractivity contribution in [1.29, 1.82) is 0 Å². The maximum absolute atomic E-state index is 13.3. The largest absolute Gasteiger partial charge is 0.479 e. The molecule has 7 nitrogen and oxygen atoms in total. The van der Waals surface area contributed by atoms with Crippen molar-refractivity contribution in [2.24, 2.45) is 0 Å². The van der Waals surface area contributed by atoms with Crippen molar-refractivity contribution in [2.45, 2.75) is 32.2 Å². The number of pyridine rings is 1. The molecule has 30 heavy (non-hydrogen) atoms. The number of imidazole rings is 1. The summed E-state index contributed by atoms with van der Waals surface area (Å²) >= 11 is 0. The fraction of sp³-hybridized carbons (Fsp3) is 0.273. The molecule has 0 unspecified atom stereocenters. The van der Waals surface area contributed by atoms with Gasteiger partial charge >= 0.3 is 0 Å². The van der Waals surface area contributed by atoms with Crippen LogP contribution in [-0.4, -0.2) is 36.4 Å². The Morgan fingerprint density at radius 2 is 1.93 bits per heavy atom. The van der Waals surface area contributed by atoms with Crippen molar-refractivity contribution in [3.05, 3.63) is 71.8 Å². The van der Waals surface area contributed by atoms with Gasteiger partial charge in [-0.15, -0.1) is 5.10 Å². The second-order valence-corrected chi connectivity index (χ2v) is 7.41. The standard InChI is InChI=1S/C22H21FN6O/c1-14-12-28(13-24-14)19-10-9-18(25-22(19)30-2)20-26-21-17(4-3-11-29(21)27-20)15-5-7-16(23)8-6-15/h5-10,12-13,17H,3-4,11H2,1-2H3/t17-/m1/s1. The van der Waals surface area contributed by atoms with Gasteiger partial charge in [-0.1, -0.05) is 12.1 Å². The second-order valence-electron chi connectivity index (χ2n) is 7.41. The highest BCUT2D eigenvalue weighted by atomic mass is 19.1. The molecule has 0 N–H and O–H groups in total. The number of hydrogen-bond acceptors (Lipinski definition) is 5. The monoisotopic (exact) mass is 404 g/mol. The zero-order chi connectivity index (χ0) is 20.7. The quantitative estimate of drug-likeness (QED) is 0.516. The van der Waals surface area contributed by atoms with Crippen LogP contribution in [-0.2, 0) is 6.54 Å². The van der Waals surface area contributed by atoms with E-state index in [0.29, 0.717) is 17.4 Å². The highest BCUT2D eigenvalue weighted by Gasteiger charge is 2.26. The van der Waals surface area contributed by atoms with Crippen LogP contribution in [0.3, 0.4) is 0 Å². The molecule has 4 aromatic rings. The number of benzene rings is 1. The minimum atomic E-state index is -0.235. The van der Waals surface area contributed by atoms with Gasteiger partial charge in [0.05, 0.1) is 19.1 Å². The number of methoxy groups -OCH3 is 1. The molecule has 0 saturated heterocycles. The molecule has 0 saturated carbocycles. The summed E-state index contributed by atoms with van der Waals surface area (Å²) in [6, 6.07) is 10.5. The highest BCUT2D eigenvalue weighted by molar-refractivity contribution is 5.55. The van der Waals surface area contributed by atoms with E-state index >= 15 is 0 Å². The van der Waals surface area contributed by atoms with Crippen LogP contribution in [0, 0.1) is 12.7 Å². The Morgan fingerprint density at radius 1 is 1.10 bits per heavy atom. The van der Waals surface area contributed by atoms with Crippen LogP contribution in [0.1, 0.15) is 35.8 Å². The van der Waals surface area contributed by atoms with Crippen LogP contribution in [0.25, 0.3) is 17.2 Å². The van der Waals surface area contributed by atoms with Crippen LogP contribution in [0.5, 0.6) is 5.88 Å². The maximum atomic E-state index is 13.3. The summed E-state index contributed by atoms with van der Waals surface area (Å²) in [5.41, 5.74) is 3.41. The first kappa shape index (κ1) is 18.5. The lowest BCUT2D eigenvalue weighted by Crippen LogP contribution is -2.17. The van der Waals surface area contributed by atoms with Crippen molar-refractivity contribution >= 4 is 0 Å². The van der Waals surface area contributed by atoms with E-state index in [4.69, 9.17) is 14.8 Å². The smallest absolute Gasteiger partial charge is 0.238 e. The minimum absolute atomic E-state index is 0.0932. The maximum Gasteiger partial charge on any atom is 0.238 e. The predicted molar refractivity (Wildman–Crippen MR) is 109 cm³/mol. The van der Waals surface area contributed by atoms with E-state index in [1.165, 1.54) is 12.1 Å². The highest BCUT2D eigenvalue weighted by Crippen LogP contribution is 2.34. The average molecular weight is 404 g/mol. The zero-order valence-electron chi connectivity index (χ0n) is 16.8. The van der Waals surface area contributed by atoms with E-state index in [1.807, 2.05) is 46.6 Å². The third-order valence-corrected chi connectivity index (χ3v) is 5.40. The molecule has 0 bridgehead atoms. The molecule has 3 aromatic heterocycles. The van der Waals surface area contributed by atoms with Crippen LogP contribution >= 0.6 is 0 Å². The first-order valence-electron chi connectivity index (χ1n) is 9.89. The van der Waals surface area contributed by atoms with Gasteiger partial charge in [-0.2, -0.15) is 0 Å². The van der Waals surface area contributed by atoms with E-state index in [1.54, 1.807) is 13.4 Å². The molecule has 4 heterocycles. The number of halogens is 1.